The van der Waals surface area contributed by atoms with Crippen molar-refractivity contribution in [3.05, 3.63) is 4.88 Å². The summed E-state index contributed by atoms with van der Waals surface area (Å²) in [6.45, 7) is 7.07. The number of nitrogens with one attached hydrogen (secondary N) is 2. The Labute approximate surface area is 130 Å². The molecule has 0 radical (unpaired) electrons. The number of carbonyl (C=O) groups is 1. The van der Waals surface area contributed by atoms with E-state index in [1.165, 1.54) is 30.6 Å². The fraction of sp³-hybridized carbons (Fsp3) is 0.667. The number of rotatable bonds is 6. The van der Waals surface area contributed by atoms with Crippen molar-refractivity contribution in [3.8, 4) is 5.75 Å². The van der Waals surface area contributed by atoms with Crippen molar-refractivity contribution in [2.45, 2.75) is 46.1 Å². The van der Waals surface area contributed by atoms with Crippen LogP contribution in [0.25, 0.3) is 0 Å². The number of anilines is 2. The molecule has 1 aliphatic rings. The van der Waals surface area contributed by atoms with Gasteiger partial charge >= 0.3 is 0 Å². The summed E-state index contributed by atoms with van der Waals surface area (Å²) in [6.07, 6.45) is 3.79. The lowest BCUT2D eigenvalue weighted by molar-refractivity contribution is 0.0967. The topological polar surface area (TPSA) is 76.4 Å². The first-order chi connectivity index (χ1) is 9.86. The molecule has 0 bridgehead atoms. The summed E-state index contributed by atoms with van der Waals surface area (Å²) in [5, 5.41) is 6.91. The number of hydrogen-bond acceptors (Lipinski definition) is 5. The number of ether oxygens (including phenoxy) is 1. The molecule has 1 aromatic rings. The van der Waals surface area contributed by atoms with Gasteiger partial charge in [-0.1, -0.05) is 13.3 Å². The number of hydrogen-bond donors (Lipinski definition) is 3. The summed E-state index contributed by atoms with van der Waals surface area (Å²) in [6, 6.07) is 0. The summed E-state index contributed by atoms with van der Waals surface area (Å²) in [7, 11) is 1.60. The molecule has 0 unspecified atom stereocenters. The van der Waals surface area contributed by atoms with Crippen LogP contribution in [-0.4, -0.2) is 25.6 Å². The number of nitrogen functional groups attached to an aromatic ring is 1. The molecule has 1 aromatic heterocycles. The van der Waals surface area contributed by atoms with Gasteiger partial charge in [0, 0.05) is 13.6 Å². The molecule has 0 spiro atoms. The second kappa shape index (κ2) is 6.13. The molecule has 1 saturated carbocycles. The average molecular weight is 311 g/mol. The van der Waals surface area contributed by atoms with Crippen LogP contribution in [0.5, 0.6) is 5.75 Å². The van der Waals surface area contributed by atoms with E-state index in [1.807, 2.05) is 13.8 Å². The minimum atomic E-state index is -0.172. The fourth-order valence-electron chi connectivity index (χ4n) is 2.43. The second-order valence-corrected chi connectivity index (χ2v) is 7.29. The van der Waals surface area contributed by atoms with Gasteiger partial charge in [0.2, 0.25) is 0 Å². The van der Waals surface area contributed by atoms with Gasteiger partial charge in [-0.05, 0) is 32.1 Å². The molecule has 6 heteroatoms. The maximum atomic E-state index is 11.9. The van der Waals surface area contributed by atoms with Gasteiger partial charge in [0.1, 0.15) is 15.6 Å². The van der Waals surface area contributed by atoms with Gasteiger partial charge in [-0.15, -0.1) is 11.3 Å². The van der Waals surface area contributed by atoms with Crippen LogP contribution in [-0.2, 0) is 0 Å². The summed E-state index contributed by atoms with van der Waals surface area (Å²) < 4.78 is 5.81. The van der Waals surface area contributed by atoms with Crippen LogP contribution in [0.1, 0.15) is 49.7 Å². The van der Waals surface area contributed by atoms with Crippen molar-refractivity contribution in [2.24, 2.45) is 5.41 Å². The zero-order valence-electron chi connectivity index (χ0n) is 13.2. The Morgan fingerprint density at radius 2 is 2.14 bits per heavy atom. The van der Waals surface area contributed by atoms with Crippen molar-refractivity contribution in [1.29, 1.82) is 0 Å². The van der Waals surface area contributed by atoms with Crippen LogP contribution in [0.15, 0.2) is 0 Å². The number of thiophene rings is 1. The summed E-state index contributed by atoms with van der Waals surface area (Å²) in [4.78, 5) is 12.4. The predicted molar refractivity (Wildman–Crippen MR) is 88.3 cm³/mol. The van der Waals surface area contributed by atoms with Crippen LogP contribution >= 0.6 is 11.3 Å². The van der Waals surface area contributed by atoms with E-state index in [4.69, 9.17) is 10.5 Å². The van der Waals surface area contributed by atoms with Gasteiger partial charge in [0.15, 0.2) is 5.75 Å². The van der Waals surface area contributed by atoms with E-state index in [0.717, 1.165) is 11.5 Å². The Morgan fingerprint density at radius 3 is 2.62 bits per heavy atom. The zero-order chi connectivity index (χ0) is 15.6. The molecule has 0 aromatic carbocycles. The van der Waals surface area contributed by atoms with E-state index in [0.29, 0.717) is 21.7 Å². The van der Waals surface area contributed by atoms with E-state index in [1.54, 1.807) is 7.05 Å². The largest absolute Gasteiger partial charge is 0.486 e. The zero-order valence-corrected chi connectivity index (χ0v) is 14.0. The fourth-order valence-corrected chi connectivity index (χ4v) is 3.43. The van der Waals surface area contributed by atoms with Crippen LogP contribution < -0.4 is 21.1 Å². The van der Waals surface area contributed by atoms with E-state index in [2.05, 4.69) is 17.6 Å². The lowest BCUT2D eigenvalue weighted by Crippen LogP contribution is -2.33. The Bertz CT molecular complexity index is 521. The average Bonchev–Trinajstić information content (AvgIpc) is 2.70. The standard InChI is InChI=1S/C15H25N3O2S/c1-9(2)20-11-10(16)12(13(19)17-4)21-14(11)18-8-15(3)6-5-7-15/h9,18H,5-8,16H2,1-4H3,(H,17,19). The normalized spacial score (nSPS) is 16.4. The lowest BCUT2D eigenvalue weighted by Gasteiger charge is -2.38. The van der Waals surface area contributed by atoms with Gasteiger partial charge < -0.3 is 21.1 Å². The first kappa shape index (κ1) is 15.9. The van der Waals surface area contributed by atoms with Crippen LogP contribution in [0.3, 0.4) is 0 Å². The van der Waals surface area contributed by atoms with Crippen molar-refractivity contribution in [3.63, 3.8) is 0 Å². The highest BCUT2D eigenvalue weighted by molar-refractivity contribution is 7.19. The molecule has 0 aliphatic heterocycles. The van der Waals surface area contributed by atoms with Gasteiger partial charge in [-0.2, -0.15) is 0 Å². The Morgan fingerprint density at radius 1 is 1.48 bits per heavy atom. The quantitative estimate of drug-likeness (QED) is 0.754. The van der Waals surface area contributed by atoms with Crippen molar-refractivity contribution in [2.75, 3.05) is 24.6 Å². The van der Waals surface area contributed by atoms with Gasteiger partial charge in [0.05, 0.1) is 6.10 Å². The molecule has 1 aliphatic carbocycles. The van der Waals surface area contributed by atoms with E-state index in [-0.39, 0.29) is 12.0 Å². The molecule has 0 saturated heterocycles. The Kier molecular flexibility index (Phi) is 4.66. The predicted octanol–water partition coefficient (Wildman–Crippen LogP) is 3.08. The molecule has 5 nitrogen and oxygen atoms in total. The molecule has 1 amide bonds. The molecule has 1 heterocycles. The minimum absolute atomic E-state index is 0.0132. The summed E-state index contributed by atoms with van der Waals surface area (Å²) >= 11 is 1.36. The highest BCUT2D eigenvalue weighted by Crippen LogP contribution is 2.45. The minimum Gasteiger partial charge on any atom is -0.486 e. The summed E-state index contributed by atoms with van der Waals surface area (Å²) in [5.41, 5.74) is 6.87. The van der Waals surface area contributed by atoms with Crippen molar-refractivity contribution >= 4 is 27.9 Å². The molecular weight excluding hydrogens is 286 g/mol. The molecule has 21 heavy (non-hydrogen) atoms. The van der Waals surface area contributed by atoms with Crippen molar-refractivity contribution in [1.82, 2.24) is 5.32 Å². The van der Waals surface area contributed by atoms with Gasteiger partial charge in [-0.25, -0.2) is 0 Å². The van der Waals surface area contributed by atoms with Crippen LogP contribution in [0.2, 0.25) is 0 Å². The highest BCUT2D eigenvalue weighted by Gasteiger charge is 2.32. The highest BCUT2D eigenvalue weighted by atomic mass is 32.1. The smallest absolute Gasteiger partial charge is 0.263 e. The molecule has 1 fully saturated rings. The maximum absolute atomic E-state index is 11.9. The molecule has 118 valence electrons. The number of nitrogens with two attached hydrogens (primary N) is 1. The molecule has 4 N–H and O–H groups in total. The molecular formula is C15H25N3O2S. The number of carbonyl (C=O) groups excluding carboxylic acids is 1. The van der Waals surface area contributed by atoms with E-state index >= 15 is 0 Å². The third-order valence-electron chi connectivity index (χ3n) is 3.92. The molecule has 0 atom stereocenters. The Balaban J connectivity index is 2.22. The third-order valence-corrected chi connectivity index (χ3v) is 5.07. The van der Waals surface area contributed by atoms with Crippen LogP contribution in [0, 0.1) is 5.41 Å². The number of amides is 1. The Hall–Kier alpha value is -1.43. The van der Waals surface area contributed by atoms with Crippen molar-refractivity contribution < 1.29 is 9.53 Å². The first-order valence-electron chi connectivity index (χ1n) is 7.41. The first-order valence-corrected chi connectivity index (χ1v) is 8.23. The maximum Gasteiger partial charge on any atom is 0.263 e. The third kappa shape index (κ3) is 3.43. The van der Waals surface area contributed by atoms with E-state index in [9.17, 15) is 4.79 Å². The van der Waals surface area contributed by atoms with E-state index < -0.39 is 0 Å². The molecule has 2 rings (SSSR count). The summed E-state index contributed by atoms with van der Waals surface area (Å²) in [5.74, 6) is 0.436. The SMILES string of the molecule is CNC(=O)c1sc(NCC2(C)CCC2)c(OC(C)C)c1N. The second-order valence-electron chi connectivity index (χ2n) is 6.27. The van der Waals surface area contributed by atoms with Gasteiger partial charge in [0.25, 0.3) is 5.91 Å². The monoisotopic (exact) mass is 311 g/mol. The van der Waals surface area contributed by atoms with Crippen LogP contribution in [0.4, 0.5) is 10.7 Å². The lowest BCUT2D eigenvalue weighted by atomic mass is 9.70. The van der Waals surface area contributed by atoms with Gasteiger partial charge in [-0.3, -0.25) is 4.79 Å².